The highest BCUT2D eigenvalue weighted by Crippen LogP contribution is 2.16. The quantitative estimate of drug-likeness (QED) is 0.365. The fraction of sp³-hybridized carbons (Fsp3) is 0.167. The third-order valence-corrected chi connectivity index (χ3v) is 4.05. The van der Waals surface area contributed by atoms with Crippen LogP contribution in [0.2, 0.25) is 0 Å². The molecule has 0 aromatic heterocycles. The van der Waals surface area contributed by atoms with Crippen molar-refractivity contribution >= 4 is 46.1 Å². The SMILES string of the molecule is COc1ccc(CNCC(=O)Nc2ccccc2I)cc1.O=C(O)C(=O)O. The van der Waals surface area contributed by atoms with Gasteiger partial charge in [-0.15, -0.1) is 0 Å². The summed E-state index contributed by atoms with van der Waals surface area (Å²) in [6.45, 7) is 0.917. The first-order valence-electron chi connectivity index (χ1n) is 7.67. The lowest BCUT2D eigenvalue weighted by atomic mass is 10.2. The molecule has 0 aliphatic carbocycles. The van der Waals surface area contributed by atoms with Crippen LogP contribution in [0.5, 0.6) is 5.75 Å². The molecule has 0 radical (unpaired) electrons. The van der Waals surface area contributed by atoms with Crippen LogP contribution in [-0.4, -0.2) is 41.7 Å². The van der Waals surface area contributed by atoms with Gasteiger partial charge in [-0.2, -0.15) is 0 Å². The third kappa shape index (κ3) is 9.01. The Morgan fingerprint density at radius 1 is 1.00 bits per heavy atom. The molecule has 2 rings (SSSR count). The molecule has 0 unspecified atom stereocenters. The second-order valence-corrected chi connectivity index (χ2v) is 6.25. The van der Waals surface area contributed by atoms with Crippen molar-refractivity contribution in [1.29, 1.82) is 0 Å². The lowest BCUT2D eigenvalue weighted by molar-refractivity contribution is -0.159. The number of rotatable bonds is 6. The normalized spacial score (nSPS) is 9.56. The van der Waals surface area contributed by atoms with Crippen LogP contribution in [-0.2, 0) is 20.9 Å². The number of aliphatic carboxylic acids is 2. The summed E-state index contributed by atoms with van der Waals surface area (Å²) in [6.07, 6.45) is 0. The monoisotopic (exact) mass is 486 g/mol. The lowest BCUT2D eigenvalue weighted by Gasteiger charge is -2.08. The van der Waals surface area contributed by atoms with E-state index in [0.29, 0.717) is 6.54 Å². The van der Waals surface area contributed by atoms with Crippen molar-refractivity contribution in [2.75, 3.05) is 19.0 Å². The maximum atomic E-state index is 11.9. The number of hydrogen-bond donors (Lipinski definition) is 4. The summed E-state index contributed by atoms with van der Waals surface area (Å²) in [6, 6.07) is 15.5. The van der Waals surface area contributed by atoms with E-state index in [4.69, 9.17) is 24.5 Å². The Morgan fingerprint density at radius 2 is 1.59 bits per heavy atom. The number of carboxylic acids is 2. The molecule has 0 heterocycles. The molecule has 0 aliphatic rings. The Labute approximate surface area is 169 Å². The number of hydrogen-bond acceptors (Lipinski definition) is 5. The van der Waals surface area contributed by atoms with E-state index in [1.54, 1.807) is 7.11 Å². The first kappa shape index (κ1) is 22.4. The smallest absolute Gasteiger partial charge is 0.414 e. The fourth-order valence-electron chi connectivity index (χ4n) is 1.82. The van der Waals surface area contributed by atoms with E-state index in [9.17, 15) is 4.79 Å². The average molecular weight is 486 g/mol. The summed E-state index contributed by atoms with van der Waals surface area (Å²) in [5.41, 5.74) is 1.95. The fourth-order valence-corrected chi connectivity index (χ4v) is 2.34. The van der Waals surface area contributed by atoms with Crippen molar-refractivity contribution in [3.05, 3.63) is 57.7 Å². The number of para-hydroxylation sites is 1. The Hall–Kier alpha value is -2.66. The van der Waals surface area contributed by atoms with E-state index in [1.165, 1.54) is 0 Å². The molecular formula is C18H19IN2O6. The standard InChI is InChI=1S/C16H17IN2O2.C2H2O4/c1-21-13-8-6-12(7-9-13)10-18-11-16(20)19-15-5-3-2-4-14(15)17;3-1(4)2(5)6/h2-9,18H,10-11H2,1H3,(H,19,20);(H,3,4)(H,5,6). The minimum Gasteiger partial charge on any atom is -0.497 e. The number of carbonyl (C=O) groups excluding carboxylic acids is 1. The number of benzene rings is 2. The highest BCUT2D eigenvalue weighted by Gasteiger charge is 2.05. The van der Waals surface area contributed by atoms with E-state index < -0.39 is 11.9 Å². The highest BCUT2D eigenvalue weighted by molar-refractivity contribution is 14.1. The number of carboxylic acid groups (broad SMARTS) is 2. The van der Waals surface area contributed by atoms with Crippen molar-refractivity contribution in [2.24, 2.45) is 0 Å². The minimum absolute atomic E-state index is 0.0485. The van der Waals surface area contributed by atoms with Gasteiger partial charge >= 0.3 is 11.9 Å². The average Bonchev–Trinajstić information content (AvgIpc) is 2.64. The van der Waals surface area contributed by atoms with Gasteiger partial charge in [0.2, 0.25) is 5.91 Å². The van der Waals surface area contributed by atoms with Crippen LogP contribution in [0.1, 0.15) is 5.56 Å². The molecule has 0 bridgehead atoms. The van der Waals surface area contributed by atoms with Crippen LogP contribution < -0.4 is 15.4 Å². The molecule has 2 aromatic rings. The predicted octanol–water partition coefficient (Wildman–Crippen LogP) is 2.18. The van der Waals surface area contributed by atoms with Crippen LogP contribution in [0.25, 0.3) is 0 Å². The molecule has 8 nitrogen and oxygen atoms in total. The molecule has 0 atom stereocenters. The molecule has 0 aliphatic heterocycles. The zero-order chi connectivity index (χ0) is 20.2. The number of halogens is 1. The molecule has 9 heteroatoms. The number of carbonyl (C=O) groups is 3. The van der Waals surface area contributed by atoms with Crippen LogP contribution in [0.3, 0.4) is 0 Å². The van der Waals surface area contributed by atoms with Crippen molar-refractivity contribution in [2.45, 2.75) is 6.54 Å². The van der Waals surface area contributed by atoms with Gasteiger partial charge in [-0.3, -0.25) is 4.79 Å². The summed E-state index contributed by atoms with van der Waals surface area (Å²) in [4.78, 5) is 30.1. The molecule has 1 amide bonds. The molecule has 0 fully saturated rings. The number of ether oxygens (including phenoxy) is 1. The summed E-state index contributed by atoms with van der Waals surface area (Å²) in [5.74, 6) is -2.87. The molecule has 0 saturated carbocycles. The topological polar surface area (TPSA) is 125 Å². The van der Waals surface area contributed by atoms with Crippen LogP contribution in [0, 0.1) is 3.57 Å². The van der Waals surface area contributed by atoms with Gasteiger partial charge in [0.05, 0.1) is 19.3 Å². The summed E-state index contributed by atoms with van der Waals surface area (Å²) in [5, 5.41) is 20.8. The van der Waals surface area contributed by atoms with Gasteiger partial charge in [-0.1, -0.05) is 24.3 Å². The highest BCUT2D eigenvalue weighted by atomic mass is 127. The van der Waals surface area contributed by atoms with E-state index in [0.717, 1.165) is 20.6 Å². The van der Waals surface area contributed by atoms with Crippen LogP contribution in [0.15, 0.2) is 48.5 Å². The zero-order valence-corrected chi connectivity index (χ0v) is 16.6. The predicted molar refractivity (Wildman–Crippen MR) is 108 cm³/mol. The largest absolute Gasteiger partial charge is 0.497 e. The molecule has 27 heavy (non-hydrogen) atoms. The molecule has 4 N–H and O–H groups in total. The second-order valence-electron chi connectivity index (χ2n) is 5.09. The minimum atomic E-state index is -1.82. The molecular weight excluding hydrogens is 467 g/mol. The summed E-state index contributed by atoms with van der Waals surface area (Å²) in [7, 11) is 1.64. The van der Waals surface area contributed by atoms with Crippen molar-refractivity contribution < 1.29 is 29.3 Å². The van der Waals surface area contributed by atoms with Crippen LogP contribution >= 0.6 is 22.6 Å². The van der Waals surface area contributed by atoms with Gasteiger partial charge < -0.3 is 25.6 Å². The number of nitrogens with one attached hydrogen (secondary N) is 2. The van der Waals surface area contributed by atoms with Gasteiger partial charge in [-0.25, -0.2) is 9.59 Å². The number of anilines is 1. The Kier molecular flexibility index (Phi) is 9.83. The Morgan fingerprint density at radius 3 is 2.11 bits per heavy atom. The van der Waals surface area contributed by atoms with Crippen molar-refractivity contribution in [3.63, 3.8) is 0 Å². The van der Waals surface area contributed by atoms with E-state index in [2.05, 4.69) is 33.2 Å². The van der Waals surface area contributed by atoms with Gasteiger partial charge in [0, 0.05) is 10.1 Å². The van der Waals surface area contributed by atoms with Gasteiger partial charge in [0.25, 0.3) is 0 Å². The van der Waals surface area contributed by atoms with Gasteiger partial charge in [0.15, 0.2) is 0 Å². The molecule has 2 aromatic carbocycles. The van der Waals surface area contributed by atoms with Crippen molar-refractivity contribution in [3.8, 4) is 5.75 Å². The summed E-state index contributed by atoms with van der Waals surface area (Å²) < 4.78 is 6.13. The zero-order valence-electron chi connectivity index (χ0n) is 14.4. The van der Waals surface area contributed by atoms with Crippen LogP contribution in [0.4, 0.5) is 5.69 Å². The molecule has 0 spiro atoms. The first-order valence-corrected chi connectivity index (χ1v) is 8.75. The number of amides is 1. The Bertz CT molecular complexity index is 768. The maximum absolute atomic E-state index is 11.9. The van der Waals surface area contributed by atoms with E-state index in [1.807, 2.05) is 48.5 Å². The number of methoxy groups -OCH3 is 1. The van der Waals surface area contributed by atoms with Crippen molar-refractivity contribution in [1.82, 2.24) is 5.32 Å². The molecule has 0 saturated heterocycles. The molecule has 144 valence electrons. The summed E-state index contributed by atoms with van der Waals surface area (Å²) >= 11 is 2.20. The lowest BCUT2D eigenvalue weighted by Crippen LogP contribution is -2.27. The van der Waals surface area contributed by atoms with E-state index in [-0.39, 0.29) is 12.5 Å². The maximum Gasteiger partial charge on any atom is 0.414 e. The van der Waals surface area contributed by atoms with Gasteiger partial charge in [0.1, 0.15) is 5.75 Å². The third-order valence-electron chi connectivity index (χ3n) is 3.10. The van der Waals surface area contributed by atoms with E-state index >= 15 is 0 Å². The van der Waals surface area contributed by atoms with Gasteiger partial charge in [-0.05, 0) is 52.4 Å². The first-order chi connectivity index (χ1) is 12.8. The second kappa shape index (κ2) is 11.9. The Balaban J connectivity index is 0.000000527.